The molecule has 29 heavy (non-hydrogen) atoms. The van der Waals surface area contributed by atoms with Crippen molar-refractivity contribution in [3.8, 4) is 11.4 Å². The highest BCUT2D eigenvalue weighted by atomic mass is 16.3. The SMILES string of the molecule is O=C(NC(CO)CO)C1CCN(c2nc(-c3ccccc3)nc3c2CCC3)CC1. The number of anilines is 1. The summed E-state index contributed by atoms with van der Waals surface area (Å²) in [6.07, 6.45) is 4.57. The zero-order valence-electron chi connectivity index (χ0n) is 16.5. The molecule has 3 N–H and O–H groups in total. The van der Waals surface area contributed by atoms with E-state index >= 15 is 0 Å². The molecule has 0 unspecified atom stereocenters. The van der Waals surface area contributed by atoms with Crippen molar-refractivity contribution in [2.75, 3.05) is 31.2 Å². The number of carbonyl (C=O) groups excluding carboxylic acids is 1. The van der Waals surface area contributed by atoms with E-state index in [1.807, 2.05) is 30.3 Å². The fraction of sp³-hybridized carbons (Fsp3) is 0.500. The zero-order chi connectivity index (χ0) is 20.2. The van der Waals surface area contributed by atoms with E-state index in [9.17, 15) is 15.0 Å². The molecule has 0 spiro atoms. The third kappa shape index (κ3) is 4.26. The van der Waals surface area contributed by atoms with Crippen LogP contribution in [0, 0.1) is 5.92 Å². The van der Waals surface area contributed by atoms with Gasteiger partial charge in [-0.15, -0.1) is 0 Å². The molecule has 1 aliphatic heterocycles. The van der Waals surface area contributed by atoms with Gasteiger partial charge in [0, 0.05) is 35.8 Å². The molecule has 0 atom stereocenters. The van der Waals surface area contributed by atoms with Crippen molar-refractivity contribution in [3.05, 3.63) is 41.6 Å². The molecule has 1 amide bonds. The van der Waals surface area contributed by atoms with Gasteiger partial charge in [0.2, 0.25) is 5.91 Å². The first-order chi connectivity index (χ1) is 14.2. The molecule has 154 valence electrons. The number of fused-ring (bicyclic) bond motifs is 1. The molecular formula is C22H28N4O3. The van der Waals surface area contributed by atoms with Gasteiger partial charge in [0.05, 0.1) is 19.3 Å². The Labute approximate surface area is 170 Å². The molecule has 1 fully saturated rings. The van der Waals surface area contributed by atoms with Crippen LogP contribution in [0.15, 0.2) is 30.3 Å². The molecule has 1 aliphatic carbocycles. The highest BCUT2D eigenvalue weighted by molar-refractivity contribution is 5.79. The summed E-state index contributed by atoms with van der Waals surface area (Å²) < 4.78 is 0. The topological polar surface area (TPSA) is 98.6 Å². The summed E-state index contributed by atoms with van der Waals surface area (Å²) >= 11 is 0. The van der Waals surface area contributed by atoms with E-state index < -0.39 is 6.04 Å². The summed E-state index contributed by atoms with van der Waals surface area (Å²) in [6.45, 7) is 1.02. The van der Waals surface area contributed by atoms with E-state index in [1.54, 1.807) is 0 Å². The molecule has 0 radical (unpaired) electrons. The maximum absolute atomic E-state index is 12.4. The quantitative estimate of drug-likeness (QED) is 0.681. The summed E-state index contributed by atoms with van der Waals surface area (Å²) in [5, 5.41) is 21.1. The average molecular weight is 396 g/mol. The predicted octanol–water partition coefficient (Wildman–Crippen LogP) is 1.32. The standard InChI is InChI=1S/C22H28N4O3/c27-13-17(14-28)23-22(29)16-9-11-26(12-10-16)21-18-7-4-8-19(18)24-20(25-21)15-5-2-1-3-6-15/h1-3,5-6,16-17,27-28H,4,7-14H2,(H,23,29). The Morgan fingerprint density at radius 3 is 2.52 bits per heavy atom. The molecule has 2 aliphatic rings. The number of hydrogen-bond acceptors (Lipinski definition) is 6. The number of aromatic nitrogens is 2. The van der Waals surface area contributed by atoms with Crippen molar-refractivity contribution in [1.82, 2.24) is 15.3 Å². The number of rotatable bonds is 6. The minimum Gasteiger partial charge on any atom is -0.394 e. The zero-order valence-corrected chi connectivity index (χ0v) is 16.5. The fourth-order valence-corrected chi connectivity index (χ4v) is 4.21. The fourth-order valence-electron chi connectivity index (χ4n) is 4.21. The number of carbonyl (C=O) groups is 1. The summed E-state index contributed by atoms with van der Waals surface area (Å²) in [6, 6.07) is 9.49. The molecule has 0 saturated carbocycles. The van der Waals surface area contributed by atoms with Crippen LogP contribution in [0.4, 0.5) is 5.82 Å². The number of aliphatic hydroxyl groups excluding tert-OH is 2. The van der Waals surface area contributed by atoms with Crippen LogP contribution < -0.4 is 10.2 Å². The van der Waals surface area contributed by atoms with Gasteiger partial charge in [-0.3, -0.25) is 4.79 Å². The van der Waals surface area contributed by atoms with Gasteiger partial charge in [-0.05, 0) is 32.1 Å². The molecule has 1 saturated heterocycles. The second-order valence-corrected chi connectivity index (χ2v) is 7.85. The van der Waals surface area contributed by atoms with E-state index in [1.165, 1.54) is 5.56 Å². The number of nitrogens with zero attached hydrogens (tertiary/aromatic N) is 3. The number of nitrogens with one attached hydrogen (secondary N) is 1. The van der Waals surface area contributed by atoms with Gasteiger partial charge in [-0.1, -0.05) is 30.3 Å². The number of hydrogen-bond donors (Lipinski definition) is 3. The van der Waals surface area contributed by atoms with Gasteiger partial charge >= 0.3 is 0 Å². The van der Waals surface area contributed by atoms with Crippen molar-refractivity contribution in [2.24, 2.45) is 5.92 Å². The Morgan fingerprint density at radius 1 is 1.10 bits per heavy atom. The van der Waals surface area contributed by atoms with Crippen LogP contribution in [0.5, 0.6) is 0 Å². The van der Waals surface area contributed by atoms with Crippen LogP contribution in [0.2, 0.25) is 0 Å². The molecule has 7 heteroatoms. The smallest absolute Gasteiger partial charge is 0.223 e. The molecule has 2 heterocycles. The third-order valence-corrected chi connectivity index (χ3v) is 5.90. The summed E-state index contributed by atoms with van der Waals surface area (Å²) in [7, 11) is 0. The highest BCUT2D eigenvalue weighted by Gasteiger charge is 2.30. The maximum atomic E-state index is 12.4. The summed E-state index contributed by atoms with van der Waals surface area (Å²) in [4.78, 5) is 24.5. The highest BCUT2D eigenvalue weighted by Crippen LogP contribution is 2.33. The molecule has 0 bridgehead atoms. The monoisotopic (exact) mass is 396 g/mol. The second kappa shape index (κ2) is 8.88. The molecular weight excluding hydrogens is 368 g/mol. The molecule has 1 aromatic carbocycles. The summed E-state index contributed by atoms with van der Waals surface area (Å²) in [5.41, 5.74) is 3.44. The van der Waals surface area contributed by atoms with E-state index in [2.05, 4.69) is 10.2 Å². The molecule has 2 aromatic rings. The van der Waals surface area contributed by atoms with Crippen molar-refractivity contribution >= 4 is 11.7 Å². The van der Waals surface area contributed by atoms with E-state index in [4.69, 9.17) is 9.97 Å². The van der Waals surface area contributed by atoms with Gasteiger partial charge in [-0.2, -0.15) is 0 Å². The van der Waals surface area contributed by atoms with E-state index in [-0.39, 0.29) is 25.0 Å². The van der Waals surface area contributed by atoms with Crippen LogP contribution in [-0.4, -0.2) is 58.4 Å². The lowest BCUT2D eigenvalue weighted by atomic mass is 9.95. The van der Waals surface area contributed by atoms with Crippen molar-refractivity contribution < 1.29 is 15.0 Å². The van der Waals surface area contributed by atoms with Gasteiger partial charge in [0.1, 0.15) is 5.82 Å². The van der Waals surface area contributed by atoms with Crippen molar-refractivity contribution in [2.45, 2.75) is 38.1 Å². The van der Waals surface area contributed by atoms with Crippen LogP contribution in [-0.2, 0) is 17.6 Å². The van der Waals surface area contributed by atoms with Gasteiger partial charge < -0.3 is 20.4 Å². The number of piperidine rings is 1. The predicted molar refractivity (Wildman–Crippen MR) is 111 cm³/mol. The normalized spacial score (nSPS) is 16.9. The largest absolute Gasteiger partial charge is 0.394 e. The summed E-state index contributed by atoms with van der Waals surface area (Å²) in [5.74, 6) is 1.61. The van der Waals surface area contributed by atoms with Crippen LogP contribution in [0.1, 0.15) is 30.5 Å². The molecule has 1 aromatic heterocycles. The molecule has 4 rings (SSSR count). The van der Waals surface area contributed by atoms with Crippen LogP contribution in [0.25, 0.3) is 11.4 Å². The first-order valence-electron chi connectivity index (χ1n) is 10.4. The average Bonchev–Trinajstić information content (AvgIpc) is 3.26. The van der Waals surface area contributed by atoms with Crippen LogP contribution in [0.3, 0.4) is 0 Å². The number of aryl methyl sites for hydroxylation is 1. The van der Waals surface area contributed by atoms with Gasteiger partial charge in [-0.25, -0.2) is 9.97 Å². The van der Waals surface area contributed by atoms with Crippen LogP contribution >= 0.6 is 0 Å². The van der Waals surface area contributed by atoms with Gasteiger partial charge in [0.25, 0.3) is 0 Å². The first kappa shape index (κ1) is 19.8. The minimum absolute atomic E-state index is 0.0874. The Kier molecular flexibility index (Phi) is 6.06. The Morgan fingerprint density at radius 2 is 1.83 bits per heavy atom. The minimum atomic E-state index is -0.584. The molecule has 7 nitrogen and oxygen atoms in total. The lowest BCUT2D eigenvalue weighted by Gasteiger charge is -2.34. The van der Waals surface area contributed by atoms with Crippen molar-refractivity contribution in [1.29, 1.82) is 0 Å². The number of aliphatic hydroxyl groups is 2. The first-order valence-corrected chi connectivity index (χ1v) is 10.4. The van der Waals surface area contributed by atoms with E-state index in [0.29, 0.717) is 0 Å². The van der Waals surface area contributed by atoms with E-state index in [0.717, 1.165) is 68.1 Å². The third-order valence-electron chi connectivity index (χ3n) is 5.90. The van der Waals surface area contributed by atoms with Crippen molar-refractivity contribution in [3.63, 3.8) is 0 Å². The van der Waals surface area contributed by atoms with Gasteiger partial charge in [0.15, 0.2) is 5.82 Å². The number of benzene rings is 1. The number of amides is 1. The second-order valence-electron chi connectivity index (χ2n) is 7.85. The Balaban J connectivity index is 1.50. The maximum Gasteiger partial charge on any atom is 0.223 e. The lowest BCUT2D eigenvalue weighted by Crippen LogP contribution is -2.46. The Bertz CT molecular complexity index is 847. The lowest BCUT2D eigenvalue weighted by molar-refractivity contribution is -0.127. The Hall–Kier alpha value is -2.51.